The molecule has 0 spiro atoms. The van der Waals surface area contributed by atoms with Crippen LogP contribution in [0.4, 0.5) is 5.69 Å². The zero-order valence-corrected chi connectivity index (χ0v) is 12.6. The van der Waals surface area contributed by atoms with E-state index in [4.69, 9.17) is 0 Å². The molecule has 1 aliphatic rings. The molecule has 19 heavy (non-hydrogen) atoms. The number of anilines is 1. The number of nitrogens with one attached hydrogen (secondary N) is 1. The van der Waals surface area contributed by atoms with Crippen LogP contribution in [-0.4, -0.2) is 50.2 Å². The lowest BCUT2D eigenvalue weighted by molar-refractivity contribution is 0.252. The van der Waals surface area contributed by atoms with Gasteiger partial charge in [0.05, 0.1) is 0 Å². The Labute approximate surface area is 116 Å². The van der Waals surface area contributed by atoms with Gasteiger partial charge in [-0.25, -0.2) is 0 Å². The molecule has 0 aliphatic carbocycles. The van der Waals surface area contributed by atoms with Crippen molar-refractivity contribution in [1.29, 1.82) is 0 Å². The second kappa shape index (κ2) is 6.35. The summed E-state index contributed by atoms with van der Waals surface area (Å²) in [6, 6.07) is 2.86. The van der Waals surface area contributed by atoms with E-state index in [1.165, 1.54) is 37.2 Å². The lowest BCUT2D eigenvalue weighted by Gasteiger charge is -2.37. The van der Waals surface area contributed by atoms with E-state index in [1.54, 1.807) is 0 Å². The second-order valence-electron chi connectivity index (χ2n) is 5.63. The Morgan fingerprint density at radius 1 is 1.42 bits per heavy atom. The van der Waals surface area contributed by atoms with Gasteiger partial charge in [0.2, 0.25) is 0 Å². The molecule has 106 valence electrons. The lowest BCUT2D eigenvalue weighted by Crippen LogP contribution is -2.42. The van der Waals surface area contributed by atoms with Crippen LogP contribution in [0.3, 0.4) is 0 Å². The van der Waals surface area contributed by atoms with Crippen molar-refractivity contribution < 1.29 is 0 Å². The minimum Gasteiger partial charge on any atom is -0.371 e. The van der Waals surface area contributed by atoms with Gasteiger partial charge in [0.15, 0.2) is 0 Å². The van der Waals surface area contributed by atoms with E-state index in [9.17, 15) is 0 Å². The van der Waals surface area contributed by atoms with E-state index in [0.717, 1.165) is 12.2 Å². The van der Waals surface area contributed by atoms with Crippen LogP contribution < -0.4 is 10.2 Å². The molecule has 0 saturated carbocycles. The maximum absolute atomic E-state index is 4.42. The Balaban J connectivity index is 2.17. The SMILES string of the molecule is CNCc1cnc(C)cc1N(C)C1CCN(C)CC1. The standard InChI is InChI=1S/C15H26N4/c1-12-9-15(13(10-16-2)11-17-12)19(4)14-5-7-18(3)8-6-14/h9,11,14,16H,5-8,10H2,1-4H3. The third-order valence-electron chi connectivity index (χ3n) is 4.08. The maximum Gasteiger partial charge on any atom is 0.0445 e. The van der Waals surface area contributed by atoms with Crippen molar-refractivity contribution in [2.45, 2.75) is 32.4 Å². The van der Waals surface area contributed by atoms with E-state index >= 15 is 0 Å². The Hall–Kier alpha value is -1.13. The first-order valence-electron chi connectivity index (χ1n) is 7.13. The Morgan fingerprint density at radius 3 is 2.74 bits per heavy atom. The summed E-state index contributed by atoms with van der Waals surface area (Å²) in [4.78, 5) is 9.29. The molecular weight excluding hydrogens is 236 g/mol. The average molecular weight is 262 g/mol. The van der Waals surface area contributed by atoms with Crippen molar-refractivity contribution in [3.8, 4) is 0 Å². The smallest absolute Gasteiger partial charge is 0.0445 e. The summed E-state index contributed by atoms with van der Waals surface area (Å²) in [6.45, 7) is 5.33. The fourth-order valence-electron chi connectivity index (χ4n) is 2.81. The molecule has 1 aliphatic heterocycles. The quantitative estimate of drug-likeness (QED) is 0.894. The molecule has 1 aromatic heterocycles. The van der Waals surface area contributed by atoms with Crippen LogP contribution in [0.2, 0.25) is 0 Å². The number of nitrogens with zero attached hydrogens (tertiary/aromatic N) is 3. The minimum atomic E-state index is 0.647. The third kappa shape index (κ3) is 3.45. The zero-order valence-electron chi connectivity index (χ0n) is 12.6. The number of piperidine rings is 1. The number of aromatic nitrogens is 1. The fourth-order valence-corrected chi connectivity index (χ4v) is 2.81. The second-order valence-corrected chi connectivity index (χ2v) is 5.63. The third-order valence-corrected chi connectivity index (χ3v) is 4.08. The number of pyridine rings is 1. The first kappa shape index (κ1) is 14.3. The first-order valence-corrected chi connectivity index (χ1v) is 7.13. The van der Waals surface area contributed by atoms with Crippen LogP contribution in [0.1, 0.15) is 24.1 Å². The van der Waals surface area contributed by atoms with Crippen molar-refractivity contribution in [3.63, 3.8) is 0 Å². The topological polar surface area (TPSA) is 31.4 Å². The van der Waals surface area contributed by atoms with Gasteiger partial charge in [-0.3, -0.25) is 4.98 Å². The molecule has 1 saturated heterocycles. The van der Waals surface area contributed by atoms with Gasteiger partial charge in [0.25, 0.3) is 0 Å². The van der Waals surface area contributed by atoms with E-state index in [-0.39, 0.29) is 0 Å². The molecular formula is C15H26N4. The maximum atomic E-state index is 4.42. The van der Waals surface area contributed by atoms with Crippen LogP contribution in [0.5, 0.6) is 0 Å². The summed E-state index contributed by atoms with van der Waals surface area (Å²) in [5, 5.41) is 3.23. The van der Waals surface area contributed by atoms with Gasteiger partial charge in [0, 0.05) is 42.8 Å². The van der Waals surface area contributed by atoms with Crippen LogP contribution >= 0.6 is 0 Å². The van der Waals surface area contributed by atoms with Crippen molar-refractivity contribution in [3.05, 3.63) is 23.5 Å². The van der Waals surface area contributed by atoms with Crippen LogP contribution in [0.15, 0.2) is 12.3 Å². The van der Waals surface area contributed by atoms with E-state index in [0.29, 0.717) is 6.04 Å². The van der Waals surface area contributed by atoms with E-state index in [1.807, 2.05) is 13.2 Å². The number of likely N-dealkylation sites (tertiary alicyclic amines) is 1. The summed E-state index contributed by atoms with van der Waals surface area (Å²) in [6.07, 6.45) is 4.49. The normalized spacial score (nSPS) is 17.7. The summed E-state index contributed by atoms with van der Waals surface area (Å²) >= 11 is 0. The molecule has 0 aromatic carbocycles. The van der Waals surface area contributed by atoms with Crippen molar-refractivity contribution >= 4 is 5.69 Å². The molecule has 0 unspecified atom stereocenters. The number of hydrogen-bond donors (Lipinski definition) is 1. The van der Waals surface area contributed by atoms with Crippen molar-refractivity contribution in [2.75, 3.05) is 39.1 Å². The predicted octanol–water partition coefficient (Wildman–Crippen LogP) is 1.64. The zero-order chi connectivity index (χ0) is 13.8. The van der Waals surface area contributed by atoms with Gasteiger partial charge in [0.1, 0.15) is 0 Å². The van der Waals surface area contributed by atoms with Gasteiger partial charge in [-0.2, -0.15) is 0 Å². The highest BCUT2D eigenvalue weighted by Crippen LogP contribution is 2.25. The molecule has 4 heteroatoms. The highest BCUT2D eigenvalue weighted by Gasteiger charge is 2.22. The molecule has 1 aromatic rings. The largest absolute Gasteiger partial charge is 0.371 e. The van der Waals surface area contributed by atoms with Crippen molar-refractivity contribution in [1.82, 2.24) is 15.2 Å². The summed E-state index contributed by atoms with van der Waals surface area (Å²) in [5.74, 6) is 0. The number of hydrogen-bond acceptors (Lipinski definition) is 4. The minimum absolute atomic E-state index is 0.647. The van der Waals surface area contributed by atoms with Gasteiger partial charge < -0.3 is 15.1 Å². The lowest BCUT2D eigenvalue weighted by atomic mass is 10.0. The summed E-state index contributed by atoms with van der Waals surface area (Å²) in [7, 11) is 6.42. The molecule has 2 heterocycles. The predicted molar refractivity (Wildman–Crippen MR) is 80.7 cm³/mol. The van der Waals surface area contributed by atoms with Crippen LogP contribution in [-0.2, 0) is 6.54 Å². The molecule has 1 N–H and O–H groups in total. The molecule has 0 radical (unpaired) electrons. The average Bonchev–Trinajstić information content (AvgIpc) is 2.41. The van der Waals surface area contributed by atoms with Crippen LogP contribution in [0, 0.1) is 6.92 Å². The van der Waals surface area contributed by atoms with Crippen molar-refractivity contribution in [2.24, 2.45) is 0 Å². The molecule has 0 amide bonds. The van der Waals surface area contributed by atoms with Gasteiger partial charge >= 0.3 is 0 Å². The van der Waals surface area contributed by atoms with Gasteiger partial charge in [-0.05, 0) is 53.0 Å². The summed E-state index contributed by atoms with van der Waals surface area (Å²) in [5.41, 5.74) is 3.71. The monoisotopic (exact) mass is 262 g/mol. The number of rotatable bonds is 4. The molecule has 0 atom stereocenters. The molecule has 2 rings (SSSR count). The van der Waals surface area contributed by atoms with E-state index < -0.39 is 0 Å². The van der Waals surface area contributed by atoms with Crippen LogP contribution in [0.25, 0.3) is 0 Å². The highest BCUT2D eigenvalue weighted by atomic mass is 15.2. The Morgan fingerprint density at radius 2 is 2.11 bits per heavy atom. The number of aryl methyl sites for hydroxylation is 1. The molecule has 1 fully saturated rings. The molecule has 4 nitrogen and oxygen atoms in total. The first-order chi connectivity index (χ1) is 9.11. The van der Waals surface area contributed by atoms with Gasteiger partial charge in [-0.15, -0.1) is 0 Å². The fraction of sp³-hybridized carbons (Fsp3) is 0.667. The highest BCUT2D eigenvalue weighted by molar-refractivity contribution is 5.54. The molecule has 0 bridgehead atoms. The Bertz CT molecular complexity index is 411. The van der Waals surface area contributed by atoms with Gasteiger partial charge in [-0.1, -0.05) is 0 Å². The summed E-state index contributed by atoms with van der Waals surface area (Å²) < 4.78 is 0. The Kier molecular flexibility index (Phi) is 4.77. The van der Waals surface area contributed by atoms with E-state index in [2.05, 4.69) is 47.2 Å².